The number of rotatable bonds is 4. The van der Waals surface area contributed by atoms with Crippen molar-refractivity contribution < 1.29 is 4.74 Å². The lowest BCUT2D eigenvalue weighted by Gasteiger charge is -2.13. The monoisotopic (exact) mass is 326 g/mol. The third-order valence-electron chi connectivity index (χ3n) is 4.68. The van der Waals surface area contributed by atoms with Crippen LogP contribution in [-0.2, 0) is 18.3 Å². The van der Waals surface area contributed by atoms with Gasteiger partial charge in [0.25, 0.3) is 0 Å². The summed E-state index contributed by atoms with van der Waals surface area (Å²) in [4.78, 5) is 7.10. The molecule has 7 heteroatoms. The maximum atomic E-state index is 5.69. The normalized spacial score (nSPS) is 21.8. The molecule has 7 nitrogen and oxygen atoms in total. The summed E-state index contributed by atoms with van der Waals surface area (Å²) in [6.07, 6.45) is 6.34. The van der Waals surface area contributed by atoms with Crippen LogP contribution in [0.1, 0.15) is 22.9 Å². The van der Waals surface area contributed by atoms with Gasteiger partial charge in [0.15, 0.2) is 0 Å². The number of nitrogens with zero attached hydrogens (tertiary/aromatic N) is 6. The van der Waals surface area contributed by atoms with Gasteiger partial charge in [0.05, 0.1) is 17.5 Å². The highest BCUT2D eigenvalue weighted by Gasteiger charge is 2.35. The van der Waals surface area contributed by atoms with Gasteiger partial charge in [0.1, 0.15) is 5.65 Å². The third-order valence-corrected chi connectivity index (χ3v) is 4.68. The topological polar surface area (TPSA) is 60.5 Å². The molecule has 1 aliphatic heterocycles. The van der Waals surface area contributed by atoms with Crippen LogP contribution in [0.25, 0.3) is 5.65 Å². The molecule has 1 aliphatic rings. The lowest BCUT2D eigenvalue weighted by atomic mass is 10.0. The zero-order valence-corrected chi connectivity index (χ0v) is 14.3. The van der Waals surface area contributed by atoms with E-state index in [0.29, 0.717) is 0 Å². The van der Waals surface area contributed by atoms with Crippen molar-refractivity contribution in [3.63, 3.8) is 0 Å². The van der Waals surface area contributed by atoms with E-state index in [4.69, 9.17) is 9.72 Å². The predicted octanol–water partition coefficient (Wildman–Crippen LogP) is 1.39. The van der Waals surface area contributed by atoms with Gasteiger partial charge >= 0.3 is 0 Å². The summed E-state index contributed by atoms with van der Waals surface area (Å²) in [7, 11) is 3.66. The third kappa shape index (κ3) is 2.81. The highest BCUT2D eigenvalue weighted by molar-refractivity contribution is 5.41. The van der Waals surface area contributed by atoms with Crippen molar-refractivity contribution in [2.75, 3.05) is 20.2 Å². The number of pyridine rings is 1. The second kappa shape index (κ2) is 5.99. The fraction of sp³-hybridized carbons (Fsp3) is 0.471. The van der Waals surface area contributed by atoms with Crippen molar-refractivity contribution in [3.05, 3.63) is 47.7 Å². The average molecular weight is 326 g/mol. The number of aryl methyl sites for hydroxylation is 2. The molecule has 0 radical (unpaired) electrons. The predicted molar refractivity (Wildman–Crippen MR) is 89.7 cm³/mol. The summed E-state index contributed by atoms with van der Waals surface area (Å²) >= 11 is 0. The molecule has 0 saturated carbocycles. The second-order valence-electron chi connectivity index (χ2n) is 6.60. The number of aromatic nitrogens is 5. The Labute approximate surface area is 140 Å². The molecule has 3 aromatic rings. The van der Waals surface area contributed by atoms with Crippen LogP contribution in [0.4, 0.5) is 0 Å². The quantitative estimate of drug-likeness (QED) is 0.725. The fourth-order valence-corrected chi connectivity index (χ4v) is 3.50. The summed E-state index contributed by atoms with van der Waals surface area (Å²) < 4.78 is 9.52. The van der Waals surface area contributed by atoms with Crippen molar-refractivity contribution >= 4 is 5.65 Å². The van der Waals surface area contributed by atoms with Gasteiger partial charge in [-0.25, -0.2) is 4.98 Å². The minimum atomic E-state index is 0.140. The molecular formula is C17H22N6O. The van der Waals surface area contributed by atoms with Crippen molar-refractivity contribution in [1.82, 2.24) is 29.3 Å². The van der Waals surface area contributed by atoms with Crippen molar-refractivity contribution in [2.24, 2.45) is 7.05 Å². The van der Waals surface area contributed by atoms with Gasteiger partial charge in [-0.3, -0.25) is 9.58 Å². The number of methoxy groups -OCH3 is 1. The molecule has 3 aromatic heterocycles. The molecule has 0 aliphatic carbocycles. The molecule has 1 saturated heterocycles. The first-order chi connectivity index (χ1) is 11.6. The Bertz CT molecular complexity index is 854. The van der Waals surface area contributed by atoms with E-state index < -0.39 is 0 Å². The van der Waals surface area contributed by atoms with E-state index in [9.17, 15) is 0 Å². The zero-order chi connectivity index (χ0) is 16.7. The fourth-order valence-electron chi connectivity index (χ4n) is 3.50. The van der Waals surface area contributed by atoms with E-state index in [1.165, 1.54) is 5.56 Å². The second-order valence-corrected chi connectivity index (χ2v) is 6.60. The van der Waals surface area contributed by atoms with Gasteiger partial charge in [-0.2, -0.15) is 0 Å². The zero-order valence-electron chi connectivity index (χ0n) is 14.3. The van der Waals surface area contributed by atoms with Crippen LogP contribution in [0, 0.1) is 6.92 Å². The van der Waals surface area contributed by atoms with Crippen LogP contribution in [-0.4, -0.2) is 55.6 Å². The SMILES string of the molecule is CO[C@@H]1CN(Cc2cn3cc(C)ccc3n2)C[C@H]1c1cn(C)nn1. The minimum Gasteiger partial charge on any atom is -0.379 e. The lowest BCUT2D eigenvalue weighted by molar-refractivity contribution is 0.0956. The van der Waals surface area contributed by atoms with Crippen LogP contribution < -0.4 is 0 Å². The smallest absolute Gasteiger partial charge is 0.137 e. The minimum absolute atomic E-state index is 0.140. The van der Waals surface area contributed by atoms with Crippen molar-refractivity contribution in [1.29, 1.82) is 0 Å². The van der Waals surface area contributed by atoms with Gasteiger partial charge in [-0.05, 0) is 18.6 Å². The van der Waals surface area contributed by atoms with Crippen LogP contribution >= 0.6 is 0 Å². The van der Waals surface area contributed by atoms with E-state index in [1.54, 1.807) is 11.8 Å². The van der Waals surface area contributed by atoms with Gasteiger partial charge in [-0.1, -0.05) is 11.3 Å². The molecule has 0 bridgehead atoms. The number of likely N-dealkylation sites (tertiary alicyclic amines) is 1. The van der Waals surface area contributed by atoms with Crippen LogP contribution in [0.2, 0.25) is 0 Å². The maximum absolute atomic E-state index is 5.69. The molecule has 0 unspecified atom stereocenters. The highest BCUT2D eigenvalue weighted by Crippen LogP contribution is 2.29. The summed E-state index contributed by atoms with van der Waals surface area (Å²) in [6, 6.07) is 4.15. The highest BCUT2D eigenvalue weighted by atomic mass is 16.5. The molecule has 0 spiro atoms. The number of ether oxygens (including phenoxy) is 1. The van der Waals surface area contributed by atoms with E-state index in [-0.39, 0.29) is 12.0 Å². The van der Waals surface area contributed by atoms with Gasteiger partial charge in [0, 0.05) is 58.3 Å². The molecule has 0 N–H and O–H groups in total. The molecule has 0 amide bonds. The molecule has 1 fully saturated rings. The van der Waals surface area contributed by atoms with E-state index in [0.717, 1.165) is 36.7 Å². The molecule has 0 aromatic carbocycles. The Morgan fingerprint density at radius 1 is 1.21 bits per heavy atom. The van der Waals surface area contributed by atoms with Gasteiger partial charge in [0.2, 0.25) is 0 Å². The maximum Gasteiger partial charge on any atom is 0.137 e. The Morgan fingerprint density at radius 2 is 2.08 bits per heavy atom. The first-order valence-corrected chi connectivity index (χ1v) is 8.18. The molecule has 2 atom stereocenters. The van der Waals surface area contributed by atoms with Crippen molar-refractivity contribution in [2.45, 2.75) is 25.5 Å². The molecular weight excluding hydrogens is 304 g/mol. The first kappa shape index (κ1) is 15.3. The lowest BCUT2D eigenvalue weighted by Crippen LogP contribution is -2.22. The van der Waals surface area contributed by atoms with E-state index in [1.807, 2.05) is 13.2 Å². The summed E-state index contributed by atoms with van der Waals surface area (Å²) in [5.74, 6) is 0.253. The van der Waals surface area contributed by atoms with Gasteiger partial charge < -0.3 is 9.14 Å². The van der Waals surface area contributed by atoms with Crippen LogP contribution in [0.15, 0.2) is 30.7 Å². The first-order valence-electron chi connectivity index (χ1n) is 8.18. The summed E-state index contributed by atoms with van der Waals surface area (Å²) in [6.45, 7) is 4.69. The standard InChI is InChI=1S/C17H22N6O/c1-12-4-5-17-18-13(8-23(17)6-12)7-22-9-14(16(11-22)24-3)15-10-21(2)20-19-15/h4-6,8,10,14,16H,7,9,11H2,1-3H3/t14-,16+/m0/s1. The summed E-state index contributed by atoms with van der Waals surface area (Å²) in [5.41, 5.74) is 4.30. The Hall–Kier alpha value is -2.25. The number of hydrogen-bond acceptors (Lipinski definition) is 5. The summed E-state index contributed by atoms with van der Waals surface area (Å²) in [5, 5.41) is 8.32. The Morgan fingerprint density at radius 3 is 2.83 bits per heavy atom. The number of hydrogen-bond donors (Lipinski definition) is 0. The number of imidazole rings is 1. The Kier molecular flexibility index (Phi) is 3.82. The van der Waals surface area contributed by atoms with Crippen LogP contribution in [0.3, 0.4) is 0 Å². The van der Waals surface area contributed by atoms with Gasteiger partial charge in [-0.15, -0.1) is 5.10 Å². The van der Waals surface area contributed by atoms with E-state index >= 15 is 0 Å². The Balaban J connectivity index is 1.52. The van der Waals surface area contributed by atoms with E-state index in [2.05, 4.69) is 51.1 Å². The van der Waals surface area contributed by atoms with Crippen LogP contribution in [0.5, 0.6) is 0 Å². The number of fused-ring (bicyclic) bond motifs is 1. The molecule has 4 heterocycles. The molecule has 4 rings (SSSR count). The molecule has 24 heavy (non-hydrogen) atoms. The average Bonchev–Trinajstić information content (AvgIpc) is 3.24. The molecule has 126 valence electrons. The largest absolute Gasteiger partial charge is 0.379 e. The van der Waals surface area contributed by atoms with Crippen molar-refractivity contribution in [3.8, 4) is 0 Å².